The summed E-state index contributed by atoms with van der Waals surface area (Å²) in [6, 6.07) is 0. The number of aliphatic carboxylic acids is 4. The van der Waals surface area contributed by atoms with Crippen molar-refractivity contribution in [2.75, 3.05) is 39.3 Å². The maximum atomic E-state index is 10.6. The van der Waals surface area contributed by atoms with Gasteiger partial charge in [0, 0.05) is 161 Å². The van der Waals surface area contributed by atoms with Crippen LogP contribution in [0.15, 0.2) is 0 Å². The predicted molar refractivity (Wildman–Crippen MR) is 92.2 cm³/mol. The maximum absolute atomic E-state index is 10.6. The van der Waals surface area contributed by atoms with Crippen molar-refractivity contribution in [3.8, 4) is 0 Å². The third-order valence-corrected chi connectivity index (χ3v) is 2.17. The largest absolute Gasteiger partial charge is 0.480 e. The zero-order valence-electron chi connectivity index (χ0n) is 15.6. The molecule has 0 aromatic rings. The molecule has 4 N–H and O–H groups in total. The van der Waals surface area contributed by atoms with Gasteiger partial charge < -0.3 is 20.4 Å². The molecule has 25 heavy (non-hydrogen) atoms. The van der Waals surface area contributed by atoms with Crippen LogP contribution in [0.25, 0.3) is 0 Å². The third kappa shape index (κ3) is 29.1. The number of carbonyl (C=O) groups is 4. The minimum absolute atomic E-state index is 0. The summed E-state index contributed by atoms with van der Waals surface area (Å²) in [6.45, 7) is -2.25. The molecule has 0 aliphatic rings. The van der Waals surface area contributed by atoms with Gasteiger partial charge in [0.05, 0.1) is 26.2 Å². The van der Waals surface area contributed by atoms with Crippen molar-refractivity contribution in [2.45, 2.75) is 0 Å². The van der Waals surface area contributed by atoms with Crippen LogP contribution in [0.1, 0.15) is 0 Å². The Kier molecular flexibility index (Phi) is 41.7. The third-order valence-electron chi connectivity index (χ3n) is 2.17. The van der Waals surface area contributed by atoms with Gasteiger partial charge in [0.2, 0.25) is 0 Å². The molecule has 0 saturated heterocycles. The topological polar surface area (TPSA) is 156 Å². The van der Waals surface area contributed by atoms with E-state index in [-0.39, 0.29) is 161 Å². The Morgan fingerprint density at radius 3 is 0.760 bits per heavy atom. The van der Waals surface area contributed by atoms with Gasteiger partial charge in [0.25, 0.3) is 0 Å². The first kappa shape index (κ1) is 42.0. The average Bonchev–Trinajstić information content (AvgIpc) is 2.22. The van der Waals surface area contributed by atoms with Crippen molar-refractivity contribution < 1.29 is 39.6 Å². The van der Waals surface area contributed by atoms with E-state index in [1.54, 1.807) is 0 Å². The second-order valence-electron chi connectivity index (χ2n) is 4.00. The van der Waals surface area contributed by atoms with Gasteiger partial charge in [0.1, 0.15) is 0 Å². The second-order valence-corrected chi connectivity index (χ2v) is 4.00. The fraction of sp³-hybridized carbons (Fsp3) is 0.600. The monoisotopic (exact) mass is 407 g/mol. The molecule has 0 unspecified atom stereocenters. The number of hydrogen-bond acceptors (Lipinski definition) is 6. The summed E-state index contributed by atoms with van der Waals surface area (Å²) < 4.78 is 0. The average molecular weight is 407 g/mol. The number of nitrogens with zero attached hydrogens (tertiary/aromatic N) is 2. The molecule has 10 nitrogen and oxygen atoms in total. The Bertz CT molecular complexity index is 334. The minimum atomic E-state index is -1.23. The molecule has 0 saturated carbocycles. The summed E-state index contributed by atoms with van der Waals surface area (Å²) in [7, 11) is 0. The van der Waals surface area contributed by atoms with Gasteiger partial charge in [-0.25, -0.2) is 0 Å². The number of carboxylic acid groups (broad SMARTS) is 4. The Hall–Kier alpha value is 2.80. The fourth-order valence-electron chi connectivity index (χ4n) is 1.48. The van der Waals surface area contributed by atoms with Crippen molar-refractivity contribution in [3.05, 3.63) is 0 Å². The first-order valence-electron chi connectivity index (χ1n) is 5.52. The Balaban J connectivity index is -0.000000180. The summed E-state index contributed by atoms with van der Waals surface area (Å²) >= 11 is 0. The van der Waals surface area contributed by atoms with E-state index >= 15 is 0 Å². The molecule has 119 valence electrons. The predicted octanol–water partition coefficient (Wildman–Crippen LogP) is -3.98. The van der Waals surface area contributed by atoms with E-state index in [1.807, 2.05) is 0 Å². The van der Waals surface area contributed by atoms with Crippen LogP contribution in [0.3, 0.4) is 0 Å². The van der Waals surface area contributed by atoms with Crippen molar-refractivity contribution >= 4 is 172 Å². The summed E-state index contributed by atoms with van der Waals surface area (Å²) in [6.07, 6.45) is 0. The normalized spacial score (nSPS) is 8.56. The molecule has 0 aliphatic carbocycles. The fourth-order valence-corrected chi connectivity index (χ4v) is 1.48. The van der Waals surface area contributed by atoms with E-state index in [1.165, 1.54) is 0 Å². The first-order chi connectivity index (χ1) is 9.20. The minimum Gasteiger partial charge on any atom is -0.480 e. The van der Waals surface area contributed by atoms with Gasteiger partial charge in [-0.2, -0.15) is 0 Å². The SMILES string of the molecule is O=C(O)CN(CCN(CC(=O)O)CC(=O)O)CC(=O)O.[Na].[Na].[Na].[Na].[Na]. The standard InChI is InChI=1S/C10H16N2O8.5Na/c13-7(14)3-11(4-8(15)16)1-2-12(5-9(17)18)6-10(19)20;;;;;/h1-6H2,(H,13,14)(H,15,16)(H,17,18)(H,19,20);;;;;. The van der Waals surface area contributed by atoms with Gasteiger partial charge in [0.15, 0.2) is 0 Å². The molecule has 0 bridgehead atoms. The van der Waals surface area contributed by atoms with Crippen LogP contribution in [0.4, 0.5) is 0 Å². The van der Waals surface area contributed by atoms with Crippen LogP contribution < -0.4 is 0 Å². The Morgan fingerprint density at radius 1 is 0.480 bits per heavy atom. The molecule has 0 heterocycles. The molecule has 15 heteroatoms. The van der Waals surface area contributed by atoms with Crippen LogP contribution >= 0.6 is 0 Å². The van der Waals surface area contributed by atoms with Gasteiger partial charge in [-0.1, -0.05) is 0 Å². The van der Waals surface area contributed by atoms with Gasteiger partial charge in [-0.15, -0.1) is 0 Å². The zero-order valence-corrected chi connectivity index (χ0v) is 25.6. The summed E-state index contributed by atoms with van der Waals surface area (Å²) in [4.78, 5) is 44.4. The van der Waals surface area contributed by atoms with Crippen molar-refractivity contribution in [1.29, 1.82) is 0 Å². The molecule has 0 aromatic heterocycles. The maximum Gasteiger partial charge on any atom is 0.317 e. The van der Waals surface area contributed by atoms with Crippen molar-refractivity contribution in [1.82, 2.24) is 9.80 Å². The van der Waals surface area contributed by atoms with Crippen molar-refractivity contribution in [3.63, 3.8) is 0 Å². The van der Waals surface area contributed by atoms with Crippen LogP contribution in [-0.4, -0.2) is 241 Å². The summed E-state index contributed by atoms with van der Waals surface area (Å²) in [5.74, 6) is -4.91. The molecule has 0 spiro atoms. The van der Waals surface area contributed by atoms with E-state index in [0.29, 0.717) is 0 Å². The van der Waals surface area contributed by atoms with E-state index in [0.717, 1.165) is 9.80 Å². The van der Waals surface area contributed by atoms with Gasteiger partial charge >= 0.3 is 23.9 Å². The van der Waals surface area contributed by atoms with Crippen LogP contribution in [0, 0.1) is 0 Å². The molecule has 5 radical (unpaired) electrons. The Morgan fingerprint density at radius 2 is 0.640 bits per heavy atom. The van der Waals surface area contributed by atoms with E-state index in [9.17, 15) is 19.2 Å². The number of rotatable bonds is 11. The quantitative estimate of drug-likeness (QED) is 0.249. The smallest absolute Gasteiger partial charge is 0.317 e. The van der Waals surface area contributed by atoms with Gasteiger partial charge in [-0.05, 0) is 0 Å². The Labute approximate surface area is 255 Å². The van der Waals surface area contributed by atoms with E-state index in [2.05, 4.69) is 0 Å². The van der Waals surface area contributed by atoms with Crippen LogP contribution in [0.5, 0.6) is 0 Å². The van der Waals surface area contributed by atoms with E-state index < -0.39 is 50.1 Å². The van der Waals surface area contributed by atoms with Crippen LogP contribution in [-0.2, 0) is 19.2 Å². The summed E-state index contributed by atoms with van der Waals surface area (Å²) in [5, 5.41) is 34.5. The zero-order chi connectivity index (χ0) is 15.7. The molecular formula is C10H16N2Na5O8. The van der Waals surface area contributed by atoms with E-state index in [4.69, 9.17) is 20.4 Å². The molecule has 0 aliphatic heterocycles. The van der Waals surface area contributed by atoms with Crippen molar-refractivity contribution in [2.24, 2.45) is 0 Å². The molecular weight excluding hydrogens is 391 g/mol. The second kappa shape index (κ2) is 24.8. The molecule has 0 rings (SSSR count). The summed E-state index contributed by atoms with van der Waals surface area (Å²) in [5.41, 5.74) is 0. The molecule has 0 aromatic carbocycles. The molecule has 0 fully saturated rings. The van der Waals surface area contributed by atoms with Crippen LogP contribution in [0.2, 0.25) is 0 Å². The first-order valence-corrected chi connectivity index (χ1v) is 5.52. The number of carboxylic acids is 4. The molecule has 0 atom stereocenters. The number of hydrogen-bond donors (Lipinski definition) is 4. The van der Waals surface area contributed by atoms with Gasteiger partial charge in [-0.3, -0.25) is 29.0 Å². The molecule has 0 amide bonds.